The Kier molecular flexibility index (Phi) is 9.55. The average molecular weight is 475 g/mol. The van der Waals surface area contributed by atoms with Crippen molar-refractivity contribution in [2.24, 2.45) is 10.7 Å². The molecule has 176 valence electrons. The fourth-order valence-electron chi connectivity index (χ4n) is 2.73. The van der Waals surface area contributed by atoms with Crippen LogP contribution >= 0.6 is 11.6 Å². The summed E-state index contributed by atoms with van der Waals surface area (Å²) in [5.41, 5.74) is 18.5. The van der Waals surface area contributed by atoms with E-state index in [-0.39, 0.29) is 53.0 Å². The van der Waals surface area contributed by atoms with Crippen LogP contribution in [0.5, 0.6) is 0 Å². The van der Waals surface area contributed by atoms with Gasteiger partial charge in [0.1, 0.15) is 5.78 Å². The third-order valence-corrected chi connectivity index (χ3v) is 4.74. The number of ketones is 1. The van der Waals surface area contributed by atoms with Crippen molar-refractivity contribution in [3.05, 3.63) is 40.7 Å². The molecule has 11 nitrogen and oxygen atoms in total. The maximum Gasteiger partial charge on any atom is 0.280 e. The van der Waals surface area contributed by atoms with Gasteiger partial charge in [-0.25, -0.2) is 9.97 Å². The largest absolute Gasteiger partial charge is 0.382 e. The minimum Gasteiger partial charge on any atom is -0.382 e. The van der Waals surface area contributed by atoms with E-state index >= 15 is 0 Å². The third kappa shape index (κ3) is 8.73. The van der Waals surface area contributed by atoms with Crippen LogP contribution in [0.25, 0.3) is 0 Å². The fourth-order valence-corrected chi connectivity index (χ4v) is 2.86. The number of carbonyl (C=O) groups is 3. The van der Waals surface area contributed by atoms with E-state index in [0.29, 0.717) is 12.2 Å². The number of benzene rings is 1. The molecule has 8 N–H and O–H groups in total. The summed E-state index contributed by atoms with van der Waals surface area (Å²) in [5.74, 6) is -1.19. The molecule has 0 spiro atoms. The van der Waals surface area contributed by atoms with Gasteiger partial charge in [0.05, 0.1) is 0 Å². The maximum absolute atomic E-state index is 12.2. The molecule has 1 heterocycles. The number of nitrogens with one attached hydrogen (secondary N) is 2. The van der Waals surface area contributed by atoms with E-state index in [1.165, 1.54) is 6.92 Å². The summed E-state index contributed by atoms with van der Waals surface area (Å²) < 4.78 is 0. The molecule has 0 aliphatic rings. The van der Waals surface area contributed by atoms with Crippen LogP contribution in [0.15, 0.2) is 29.3 Å². The van der Waals surface area contributed by atoms with Gasteiger partial charge in [-0.05, 0) is 43.9 Å². The monoisotopic (exact) mass is 474 g/mol. The first-order chi connectivity index (χ1) is 15.7. The fraction of sp³-hybridized carbons (Fsp3) is 0.333. The molecule has 0 radical (unpaired) electrons. The Morgan fingerprint density at radius 2 is 1.73 bits per heavy atom. The number of anilines is 3. The normalized spacial score (nSPS) is 11.2. The zero-order valence-corrected chi connectivity index (χ0v) is 19.0. The summed E-state index contributed by atoms with van der Waals surface area (Å²) in [5, 5.41) is 5.01. The second-order valence-corrected chi connectivity index (χ2v) is 7.62. The minimum atomic E-state index is -0.684. The van der Waals surface area contributed by atoms with Crippen molar-refractivity contribution in [1.82, 2.24) is 15.3 Å². The van der Waals surface area contributed by atoms with Gasteiger partial charge in [0.25, 0.3) is 5.91 Å². The standard InChI is InChI=1S/C21H27ClN8O3/c1-12(31)5-10-15(32)27-14-8-6-13(7-9-14)4-2-3-11-26-21(25)30-20(33)16-18(23)29-19(24)17(22)28-16/h6-9H,2-5,10-11H2,1H3,(H,27,32)(H4,23,24,29)(H3,25,26,30,33). The Hall–Kier alpha value is -3.73. The number of nitrogen functional groups attached to an aromatic ring is 2. The van der Waals surface area contributed by atoms with Crippen LogP contribution in [0.1, 0.15) is 48.7 Å². The van der Waals surface area contributed by atoms with E-state index in [1.54, 1.807) is 0 Å². The summed E-state index contributed by atoms with van der Waals surface area (Å²) in [6.45, 7) is 1.88. The lowest BCUT2D eigenvalue weighted by atomic mass is 10.1. The molecule has 1 aromatic heterocycles. The zero-order chi connectivity index (χ0) is 24.4. The lowest BCUT2D eigenvalue weighted by Gasteiger charge is -2.07. The molecule has 0 bridgehead atoms. The first-order valence-corrected chi connectivity index (χ1v) is 10.6. The van der Waals surface area contributed by atoms with Crippen LogP contribution in [-0.2, 0) is 16.0 Å². The molecule has 0 aliphatic heterocycles. The average Bonchev–Trinajstić information content (AvgIpc) is 2.75. The number of hydrogen-bond donors (Lipinski definition) is 5. The molecule has 0 aliphatic carbocycles. The van der Waals surface area contributed by atoms with Crippen molar-refractivity contribution in [2.45, 2.75) is 39.0 Å². The van der Waals surface area contributed by atoms with Crippen LogP contribution in [0.3, 0.4) is 0 Å². The van der Waals surface area contributed by atoms with Crippen molar-refractivity contribution in [1.29, 1.82) is 0 Å². The number of carbonyl (C=O) groups excluding carboxylic acids is 3. The number of aromatic nitrogens is 2. The molecule has 0 saturated heterocycles. The summed E-state index contributed by atoms with van der Waals surface area (Å²) in [6, 6.07) is 7.51. The van der Waals surface area contributed by atoms with Gasteiger partial charge in [-0.1, -0.05) is 23.7 Å². The molecule has 33 heavy (non-hydrogen) atoms. The van der Waals surface area contributed by atoms with Gasteiger partial charge in [0, 0.05) is 25.1 Å². The minimum absolute atomic E-state index is 0.0142. The van der Waals surface area contributed by atoms with Crippen LogP contribution in [0.2, 0.25) is 5.15 Å². The molecule has 2 amide bonds. The predicted octanol–water partition coefficient (Wildman–Crippen LogP) is 1.67. The van der Waals surface area contributed by atoms with E-state index in [2.05, 4.69) is 25.6 Å². The van der Waals surface area contributed by atoms with Crippen molar-refractivity contribution < 1.29 is 14.4 Å². The Bertz CT molecular complexity index is 1040. The molecule has 0 fully saturated rings. The number of amides is 2. The van der Waals surface area contributed by atoms with E-state index < -0.39 is 5.91 Å². The number of aryl methyl sites for hydroxylation is 1. The Balaban J connectivity index is 1.73. The summed E-state index contributed by atoms with van der Waals surface area (Å²) in [4.78, 5) is 46.5. The Morgan fingerprint density at radius 3 is 2.39 bits per heavy atom. The van der Waals surface area contributed by atoms with Crippen LogP contribution in [-0.4, -0.2) is 40.1 Å². The van der Waals surface area contributed by atoms with E-state index in [9.17, 15) is 14.4 Å². The lowest BCUT2D eigenvalue weighted by Crippen LogP contribution is -2.38. The Labute approximate surface area is 196 Å². The molecule has 0 unspecified atom stereocenters. The smallest absolute Gasteiger partial charge is 0.280 e. The molecule has 1 aromatic carbocycles. The van der Waals surface area contributed by atoms with Crippen LogP contribution in [0, 0.1) is 0 Å². The summed E-state index contributed by atoms with van der Waals surface area (Å²) in [7, 11) is 0. The van der Waals surface area contributed by atoms with Gasteiger partial charge < -0.3 is 27.3 Å². The number of unbranched alkanes of at least 4 members (excludes halogenated alkanes) is 1. The number of halogens is 1. The molecule has 0 saturated carbocycles. The maximum atomic E-state index is 12.2. The highest BCUT2D eigenvalue weighted by Gasteiger charge is 2.16. The number of nitrogens with two attached hydrogens (primary N) is 3. The number of Topliss-reactive ketones (excluding diaryl/α,β-unsaturated/α-hetero) is 1. The number of hydrogen-bond acceptors (Lipinski definition) is 8. The molecular formula is C21H27ClN8O3. The van der Waals surface area contributed by atoms with Gasteiger partial charge in [0.2, 0.25) is 5.91 Å². The summed E-state index contributed by atoms with van der Waals surface area (Å²) in [6.07, 6.45) is 2.82. The van der Waals surface area contributed by atoms with Gasteiger partial charge in [0.15, 0.2) is 28.4 Å². The number of rotatable bonds is 10. The topological polar surface area (TPSA) is 191 Å². The highest BCUT2D eigenvalue weighted by atomic mass is 35.5. The van der Waals surface area contributed by atoms with Crippen molar-refractivity contribution >= 4 is 52.5 Å². The summed E-state index contributed by atoms with van der Waals surface area (Å²) >= 11 is 5.76. The zero-order valence-electron chi connectivity index (χ0n) is 18.2. The first kappa shape index (κ1) is 25.5. The number of nitrogens with zero attached hydrogens (tertiary/aromatic N) is 3. The quantitative estimate of drug-likeness (QED) is 0.195. The second-order valence-electron chi connectivity index (χ2n) is 7.26. The van der Waals surface area contributed by atoms with Crippen molar-refractivity contribution in [3.8, 4) is 0 Å². The third-order valence-electron chi connectivity index (χ3n) is 4.46. The number of aliphatic imine (C=N–C) groups is 1. The molecule has 2 rings (SSSR count). The SMILES string of the molecule is CC(=O)CCC(=O)Nc1ccc(CCCCN=C(N)NC(=O)c2nc(Cl)c(N)nc2N)cc1. The van der Waals surface area contributed by atoms with Gasteiger partial charge in [-0.15, -0.1) is 0 Å². The lowest BCUT2D eigenvalue weighted by molar-refractivity contribution is -0.121. The predicted molar refractivity (Wildman–Crippen MR) is 128 cm³/mol. The molecule has 0 atom stereocenters. The van der Waals surface area contributed by atoms with Crippen LogP contribution < -0.4 is 27.8 Å². The first-order valence-electron chi connectivity index (χ1n) is 10.2. The van der Waals surface area contributed by atoms with Crippen LogP contribution in [0.4, 0.5) is 17.3 Å². The highest BCUT2D eigenvalue weighted by Crippen LogP contribution is 2.17. The van der Waals surface area contributed by atoms with E-state index in [1.807, 2.05) is 24.3 Å². The van der Waals surface area contributed by atoms with E-state index in [0.717, 1.165) is 24.8 Å². The highest BCUT2D eigenvalue weighted by molar-refractivity contribution is 6.31. The van der Waals surface area contributed by atoms with Crippen molar-refractivity contribution in [3.63, 3.8) is 0 Å². The van der Waals surface area contributed by atoms with Gasteiger partial charge in [-0.3, -0.25) is 19.9 Å². The number of guanidine groups is 1. The van der Waals surface area contributed by atoms with Gasteiger partial charge in [-0.2, -0.15) is 0 Å². The molecule has 12 heteroatoms. The van der Waals surface area contributed by atoms with Gasteiger partial charge >= 0.3 is 0 Å². The molecule has 2 aromatic rings. The molecular weight excluding hydrogens is 448 g/mol. The second kappa shape index (κ2) is 12.3. The Morgan fingerprint density at radius 1 is 1.03 bits per heavy atom. The van der Waals surface area contributed by atoms with Crippen molar-refractivity contribution in [2.75, 3.05) is 23.3 Å². The van der Waals surface area contributed by atoms with E-state index in [4.69, 9.17) is 28.8 Å².